The molecule has 138 valence electrons. The van der Waals surface area contributed by atoms with Crippen molar-refractivity contribution in [3.63, 3.8) is 0 Å². The van der Waals surface area contributed by atoms with Crippen molar-refractivity contribution in [3.05, 3.63) is 34.9 Å². The van der Waals surface area contributed by atoms with Crippen molar-refractivity contribution < 1.29 is 4.79 Å². The van der Waals surface area contributed by atoms with Crippen molar-refractivity contribution in [2.24, 2.45) is 0 Å². The molecule has 4 nitrogen and oxygen atoms in total. The zero-order valence-electron chi connectivity index (χ0n) is 14.8. The third kappa shape index (κ3) is 5.80. The molecule has 25 heavy (non-hydrogen) atoms. The van der Waals surface area contributed by atoms with E-state index in [9.17, 15) is 4.79 Å². The molecule has 2 fully saturated rings. The lowest BCUT2D eigenvalue weighted by molar-refractivity contribution is 0.143. The quantitative estimate of drug-likeness (QED) is 0.860. The molecule has 0 radical (unpaired) electrons. The average molecular weight is 382 g/mol. The van der Waals surface area contributed by atoms with Crippen LogP contribution in [0.1, 0.15) is 31.2 Å². The topological polar surface area (TPSA) is 35.6 Å². The monoisotopic (exact) mass is 381 g/mol. The number of nitrogens with zero attached hydrogens (tertiary/aromatic N) is 2. The fourth-order valence-corrected chi connectivity index (χ4v) is 4.75. The maximum absolute atomic E-state index is 12.8. The van der Waals surface area contributed by atoms with Gasteiger partial charge in [0.05, 0.1) is 6.04 Å². The van der Waals surface area contributed by atoms with Crippen molar-refractivity contribution in [2.45, 2.75) is 38.3 Å². The first-order valence-corrected chi connectivity index (χ1v) is 10.8. The van der Waals surface area contributed by atoms with E-state index in [2.05, 4.69) is 15.1 Å². The van der Waals surface area contributed by atoms with Crippen LogP contribution in [0.15, 0.2) is 24.3 Å². The smallest absolute Gasteiger partial charge is 0.317 e. The number of hydrogen-bond donors (Lipinski definition) is 1. The van der Waals surface area contributed by atoms with Crippen LogP contribution in [-0.4, -0.2) is 59.6 Å². The lowest BCUT2D eigenvalue weighted by Crippen LogP contribution is -2.52. The number of piperidine rings is 1. The number of hydrogen-bond acceptors (Lipinski definition) is 3. The molecule has 1 aromatic carbocycles. The molecule has 1 aromatic rings. The van der Waals surface area contributed by atoms with Crippen molar-refractivity contribution in [2.75, 3.05) is 37.7 Å². The van der Waals surface area contributed by atoms with E-state index < -0.39 is 0 Å². The Labute approximate surface area is 160 Å². The van der Waals surface area contributed by atoms with Crippen molar-refractivity contribution in [1.82, 2.24) is 15.1 Å². The molecule has 2 aliphatic rings. The van der Waals surface area contributed by atoms with Crippen LogP contribution in [0.25, 0.3) is 0 Å². The van der Waals surface area contributed by atoms with Crippen LogP contribution in [-0.2, 0) is 6.54 Å². The second kappa shape index (κ2) is 9.70. The summed E-state index contributed by atoms with van der Waals surface area (Å²) in [5.74, 6) is 2.20. The summed E-state index contributed by atoms with van der Waals surface area (Å²) in [6, 6.07) is 8.05. The van der Waals surface area contributed by atoms with Gasteiger partial charge in [-0.25, -0.2) is 4.79 Å². The lowest BCUT2D eigenvalue weighted by atomic mass is 10.1. The Hall–Kier alpha value is -0.910. The van der Waals surface area contributed by atoms with Gasteiger partial charge in [0.15, 0.2) is 0 Å². The van der Waals surface area contributed by atoms with Gasteiger partial charge in [-0.15, -0.1) is 0 Å². The second-order valence-corrected chi connectivity index (χ2v) is 8.51. The second-order valence-electron chi connectivity index (χ2n) is 6.92. The normalized spacial score (nSPS) is 22.4. The number of carbonyl (C=O) groups excluding carboxylic acids is 1. The number of rotatable bonds is 4. The van der Waals surface area contributed by atoms with Gasteiger partial charge in [0, 0.05) is 30.4 Å². The van der Waals surface area contributed by atoms with E-state index in [0.29, 0.717) is 12.6 Å². The highest BCUT2D eigenvalue weighted by atomic mass is 35.5. The molecule has 0 bridgehead atoms. The van der Waals surface area contributed by atoms with E-state index in [4.69, 9.17) is 11.6 Å². The molecule has 0 aliphatic carbocycles. The van der Waals surface area contributed by atoms with Gasteiger partial charge in [-0.1, -0.05) is 30.2 Å². The highest BCUT2D eigenvalue weighted by Gasteiger charge is 2.27. The molecule has 6 heteroatoms. The van der Waals surface area contributed by atoms with Crippen molar-refractivity contribution in [1.29, 1.82) is 0 Å². The van der Waals surface area contributed by atoms with E-state index in [1.807, 2.05) is 36.0 Å². The average Bonchev–Trinajstić information content (AvgIpc) is 2.87. The minimum Gasteiger partial charge on any atom is -0.334 e. The van der Waals surface area contributed by atoms with Gasteiger partial charge < -0.3 is 15.1 Å². The van der Waals surface area contributed by atoms with Crippen LogP contribution >= 0.6 is 23.4 Å². The van der Waals surface area contributed by atoms with Gasteiger partial charge >= 0.3 is 6.03 Å². The molecule has 0 spiro atoms. The zero-order valence-corrected chi connectivity index (χ0v) is 16.3. The zero-order chi connectivity index (χ0) is 17.5. The molecule has 2 heterocycles. The lowest BCUT2D eigenvalue weighted by Gasteiger charge is -2.35. The van der Waals surface area contributed by atoms with E-state index in [-0.39, 0.29) is 6.03 Å². The fourth-order valence-electron chi connectivity index (χ4n) is 3.57. The van der Waals surface area contributed by atoms with Gasteiger partial charge in [-0.05, 0) is 55.8 Å². The van der Waals surface area contributed by atoms with Crippen LogP contribution in [0.5, 0.6) is 0 Å². The molecule has 2 saturated heterocycles. The maximum Gasteiger partial charge on any atom is 0.317 e. The number of urea groups is 1. The van der Waals surface area contributed by atoms with Gasteiger partial charge in [-0.2, -0.15) is 11.8 Å². The first-order chi connectivity index (χ1) is 12.2. The largest absolute Gasteiger partial charge is 0.334 e. The predicted molar refractivity (Wildman–Crippen MR) is 106 cm³/mol. The Bertz CT molecular complexity index is 548. The summed E-state index contributed by atoms with van der Waals surface area (Å²) in [6.45, 7) is 4.79. The molecular formula is C19H28ClN3OS. The molecule has 2 aliphatic heterocycles. The number of amides is 2. The number of carbonyl (C=O) groups is 1. The summed E-state index contributed by atoms with van der Waals surface area (Å²) in [6.07, 6.45) is 5.02. The standard InChI is InChI=1S/C19H28ClN3OS/c20-17-7-5-16(6-8-17)13-21-19(24)23-11-4-12-25-15-18(23)14-22-9-2-1-3-10-22/h5-8,18H,1-4,9-15H2,(H,21,24). The number of benzene rings is 1. The van der Waals surface area contributed by atoms with E-state index in [0.717, 1.165) is 41.6 Å². The summed E-state index contributed by atoms with van der Waals surface area (Å²) in [7, 11) is 0. The minimum absolute atomic E-state index is 0.0689. The molecule has 3 rings (SSSR count). The summed E-state index contributed by atoms with van der Waals surface area (Å²) < 4.78 is 0. The Balaban J connectivity index is 1.57. The number of likely N-dealkylation sites (tertiary alicyclic amines) is 1. The minimum atomic E-state index is 0.0689. The summed E-state index contributed by atoms with van der Waals surface area (Å²) in [4.78, 5) is 17.4. The van der Waals surface area contributed by atoms with Gasteiger partial charge in [0.25, 0.3) is 0 Å². The van der Waals surface area contributed by atoms with E-state index in [1.165, 1.54) is 32.4 Å². The van der Waals surface area contributed by atoms with Crippen molar-refractivity contribution >= 4 is 29.4 Å². The summed E-state index contributed by atoms with van der Waals surface area (Å²) in [5.41, 5.74) is 1.08. The molecule has 1 unspecified atom stereocenters. The van der Waals surface area contributed by atoms with Gasteiger partial charge in [-0.3, -0.25) is 0 Å². The van der Waals surface area contributed by atoms with Gasteiger partial charge in [0.1, 0.15) is 0 Å². The Morgan fingerprint density at radius 1 is 1.12 bits per heavy atom. The Morgan fingerprint density at radius 3 is 2.64 bits per heavy atom. The SMILES string of the molecule is O=C(NCc1ccc(Cl)cc1)N1CCCSCC1CN1CCCCC1. The molecule has 0 aromatic heterocycles. The number of thioether (sulfide) groups is 1. The third-order valence-electron chi connectivity index (χ3n) is 4.97. The highest BCUT2D eigenvalue weighted by Crippen LogP contribution is 2.19. The Kier molecular flexibility index (Phi) is 7.32. The number of nitrogens with one attached hydrogen (secondary N) is 1. The number of halogens is 1. The first-order valence-electron chi connectivity index (χ1n) is 9.31. The van der Waals surface area contributed by atoms with Crippen LogP contribution in [0.3, 0.4) is 0 Å². The third-order valence-corrected chi connectivity index (χ3v) is 6.42. The fraction of sp³-hybridized carbons (Fsp3) is 0.632. The van der Waals surface area contributed by atoms with Crippen LogP contribution in [0.2, 0.25) is 5.02 Å². The van der Waals surface area contributed by atoms with E-state index >= 15 is 0 Å². The maximum atomic E-state index is 12.8. The molecule has 1 N–H and O–H groups in total. The predicted octanol–water partition coefficient (Wildman–Crippen LogP) is 3.84. The summed E-state index contributed by atoms with van der Waals surface area (Å²) in [5, 5.41) is 3.82. The van der Waals surface area contributed by atoms with Crippen LogP contribution < -0.4 is 5.32 Å². The Morgan fingerprint density at radius 2 is 1.88 bits per heavy atom. The van der Waals surface area contributed by atoms with Gasteiger partial charge in [0.2, 0.25) is 0 Å². The van der Waals surface area contributed by atoms with Crippen LogP contribution in [0.4, 0.5) is 4.79 Å². The van der Waals surface area contributed by atoms with Crippen LogP contribution in [0, 0.1) is 0 Å². The summed E-state index contributed by atoms with van der Waals surface area (Å²) >= 11 is 7.91. The molecule has 0 saturated carbocycles. The van der Waals surface area contributed by atoms with E-state index in [1.54, 1.807) is 0 Å². The molecular weight excluding hydrogens is 354 g/mol. The first kappa shape index (κ1) is 18.9. The van der Waals surface area contributed by atoms with Crippen molar-refractivity contribution in [3.8, 4) is 0 Å². The molecule has 1 atom stereocenters. The highest BCUT2D eigenvalue weighted by molar-refractivity contribution is 7.99. The molecule has 2 amide bonds.